The molecular weight excluding hydrogens is 242 g/mol. The molecule has 0 unspecified atom stereocenters. The average molecular weight is 266 g/mol. The van der Waals surface area contributed by atoms with Crippen LogP contribution in [0.2, 0.25) is 0 Å². The molecule has 4 heteroatoms. The number of para-hydroxylation sites is 1. The molecule has 0 radical (unpaired) electrons. The standard InChI is InChI=1S/C14H23N3S/c1-12(2)17(13-8-6-5-7-9-13)14(18)15-10-11-16(3)4/h5-9,12H,10-11H2,1-4H3,(H,15,18)/p+1. The molecule has 1 aromatic carbocycles. The molecule has 0 aliphatic heterocycles. The van der Waals surface area contributed by atoms with Crippen molar-refractivity contribution in [3.8, 4) is 0 Å². The van der Waals surface area contributed by atoms with E-state index in [2.05, 4.69) is 50.3 Å². The van der Waals surface area contributed by atoms with Crippen molar-refractivity contribution in [1.29, 1.82) is 0 Å². The van der Waals surface area contributed by atoms with Gasteiger partial charge < -0.3 is 15.1 Å². The molecule has 0 heterocycles. The van der Waals surface area contributed by atoms with Crippen molar-refractivity contribution in [2.75, 3.05) is 32.1 Å². The van der Waals surface area contributed by atoms with E-state index in [4.69, 9.17) is 12.2 Å². The highest BCUT2D eigenvalue weighted by Crippen LogP contribution is 2.16. The van der Waals surface area contributed by atoms with Gasteiger partial charge in [0.15, 0.2) is 5.11 Å². The van der Waals surface area contributed by atoms with Gasteiger partial charge >= 0.3 is 0 Å². The quantitative estimate of drug-likeness (QED) is 0.773. The number of thiocarbonyl (C=S) groups is 1. The van der Waals surface area contributed by atoms with E-state index in [9.17, 15) is 0 Å². The van der Waals surface area contributed by atoms with Crippen molar-refractivity contribution in [3.63, 3.8) is 0 Å². The van der Waals surface area contributed by atoms with E-state index >= 15 is 0 Å². The van der Waals surface area contributed by atoms with Gasteiger partial charge in [0.1, 0.15) is 0 Å². The SMILES string of the molecule is CC(C)N(C(=S)NCC[NH+](C)C)c1ccccc1. The highest BCUT2D eigenvalue weighted by atomic mass is 32.1. The third-order valence-electron chi connectivity index (χ3n) is 2.67. The smallest absolute Gasteiger partial charge is 0.173 e. The molecule has 0 amide bonds. The van der Waals surface area contributed by atoms with E-state index in [1.807, 2.05) is 18.2 Å². The highest BCUT2D eigenvalue weighted by Gasteiger charge is 2.15. The van der Waals surface area contributed by atoms with Crippen LogP contribution in [0.25, 0.3) is 0 Å². The summed E-state index contributed by atoms with van der Waals surface area (Å²) in [5.74, 6) is 0. The molecule has 2 N–H and O–H groups in total. The van der Waals surface area contributed by atoms with Crippen LogP contribution in [0.1, 0.15) is 13.8 Å². The van der Waals surface area contributed by atoms with E-state index in [0.29, 0.717) is 6.04 Å². The number of quaternary nitrogens is 1. The summed E-state index contributed by atoms with van der Waals surface area (Å²) >= 11 is 5.49. The van der Waals surface area contributed by atoms with E-state index in [1.54, 1.807) is 0 Å². The van der Waals surface area contributed by atoms with Crippen LogP contribution in [0.4, 0.5) is 5.69 Å². The molecule has 18 heavy (non-hydrogen) atoms. The molecule has 1 rings (SSSR count). The second-order valence-corrected chi connectivity index (χ2v) is 5.38. The maximum Gasteiger partial charge on any atom is 0.173 e. The zero-order valence-corrected chi connectivity index (χ0v) is 12.6. The third-order valence-corrected chi connectivity index (χ3v) is 3.01. The van der Waals surface area contributed by atoms with Crippen LogP contribution in [0.3, 0.4) is 0 Å². The fourth-order valence-electron chi connectivity index (χ4n) is 1.74. The summed E-state index contributed by atoms with van der Waals surface area (Å²) in [6, 6.07) is 10.6. The first-order chi connectivity index (χ1) is 8.52. The predicted octanol–water partition coefficient (Wildman–Crippen LogP) is 0.920. The van der Waals surface area contributed by atoms with Crippen molar-refractivity contribution < 1.29 is 4.90 Å². The van der Waals surface area contributed by atoms with Gasteiger partial charge in [0.25, 0.3) is 0 Å². The molecule has 0 bridgehead atoms. The number of anilines is 1. The lowest BCUT2D eigenvalue weighted by molar-refractivity contribution is -0.856. The summed E-state index contributed by atoms with van der Waals surface area (Å²) in [6.07, 6.45) is 0. The number of nitrogens with one attached hydrogen (secondary N) is 2. The molecule has 100 valence electrons. The Balaban J connectivity index is 2.65. The molecule has 0 fully saturated rings. The summed E-state index contributed by atoms with van der Waals surface area (Å²) in [6.45, 7) is 6.26. The van der Waals surface area contributed by atoms with Crippen molar-refractivity contribution in [2.45, 2.75) is 19.9 Å². The molecular formula is C14H24N3S+. The van der Waals surface area contributed by atoms with E-state index in [1.165, 1.54) is 4.90 Å². The monoisotopic (exact) mass is 266 g/mol. The van der Waals surface area contributed by atoms with Gasteiger partial charge in [0, 0.05) is 11.7 Å². The minimum Gasteiger partial charge on any atom is -0.357 e. The summed E-state index contributed by atoms with van der Waals surface area (Å²) in [5.41, 5.74) is 1.14. The van der Waals surface area contributed by atoms with Gasteiger partial charge in [-0.3, -0.25) is 0 Å². The minimum atomic E-state index is 0.346. The molecule has 0 spiro atoms. The first kappa shape index (κ1) is 14.9. The lowest BCUT2D eigenvalue weighted by Gasteiger charge is -2.29. The largest absolute Gasteiger partial charge is 0.357 e. The minimum absolute atomic E-state index is 0.346. The van der Waals surface area contributed by atoms with Crippen molar-refractivity contribution in [2.24, 2.45) is 0 Å². The summed E-state index contributed by atoms with van der Waals surface area (Å²) in [7, 11) is 4.28. The normalized spacial score (nSPS) is 10.8. The first-order valence-electron chi connectivity index (χ1n) is 6.43. The third kappa shape index (κ3) is 4.63. The van der Waals surface area contributed by atoms with Crippen LogP contribution >= 0.6 is 12.2 Å². The van der Waals surface area contributed by atoms with Crippen molar-refractivity contribution >= 4 is 23.0 Å². The fourth-order valence-corrected chi connectivity index (χ4v) is 2.16. The van der Waals surface area contributed by atoms with Gasteiger partial charge in [-0.25, -0.2) is 0 Å². The molecule has 0 aliphatic carbocycles. The molecule has 0 saturated carbocycles. The summed E-state index contributed by atoms with van der Waals surface area (Å²) in [4.78, 5) is 3.57. The maximum atomic E-state index is 5.49. The lowest BCUT2D eigenvalue weighted by Crippen LogP contribution is -3.06. The first-order valence-corrected chi connectivity index (χ1v) is 6.84. The van der Waals surface area contributed by atoms with E-state index < -0.39 is 0 Å². The summed E-state index contributed by atoms with van der Waals surface area (Å²) in [5, 5.41) is 4.13. The molecule has 0 atom stereocenters. The van der Waals surface area contributed by atoms with Crippen LogP contribution < -0.4 is 15.1 Å². The molecule has 0 aromatic heterocycles. The topological polar surface area (TPSA) is 19.7 Å². The second-order valence-electron chi connectivity index (χ2n) is 4.99. The Hall–Kier alpha value is -1.13. The van der Waals surface area contributed by atoms with Crippen LogP contribution in [0.5, 0.6) is 0 Å². The van der Waals surface area contributed by atoms with Gasteiger partial charge in [-0.05, 0) is 38.2 Å². The van der Waals surface area contributed by atoms with Gasteiger partial charge in [0.05, 0.1) is 27.2 Å². The highest BCUT2D eigenvalue weighted by molar-refractivity contribution is 7.80. The maximum absolute atomic E-state index is 5.49. The number of nitrogens with zero attached hydrogens (tertiary/aromatic N) is 1. The Morgan fingerprint density at radius 2 is 1.89 bits per heavy atom. The number of likely N-dealkylation sites (N-methyl/N-ethyl adjacent to an activating group) is 1. The van der Waals surface area contributed by atoms with Gasteiger partial charge in [-0.15, -0.1) is 0 Å². The number of rotatable bonds is 5. The zero-order chi connectivity index (χ0) is 13.5. The Morgan fingerprint density at radius 1 is 1.28 bits per heavy atom. The second kappa shape index (κ2) is 7.34. The predicted molar refractivity (Wildman–Crippen MR) is 82.3 cm³/mol. The Bertz CT molecular complexity index is 363. The fraction of sp³-hybridized carbons (Fsp3) is 0.500. The van der Waals surface area contributed by atoms with E-state index in [-0.39, 0.29) is 0 Å². The van der Waals surface area contributed by atoms with Gasteiger partial charge in [-0.1, -0.05) is 18.2 Å². The van der Waals surface area contributed by atoms with Crippen LogP contribution in [0, 0.1) is 0 Å². The molecule has 1 aromatic rings. The average Bonchev–Trinajstić information content (AvgIpc) is 2.29. The van der Waals surface area contributed by atoms with Crippen LogP contribution in [0.15, 0.2) is 30.3 Å². The number of hydrogen-bond acceptors (Lipinski definition) is 1. The Kier molecular flexibility index (Phi) is 6.09. The lowest BCUT2D eigenvalue weighted by atomic mass is 10.2. The molecule has 0 aliphatic rings. The van der Waals surface area contributed by atoms with E-state index in [0.717, 1.165) is 23.9 Å². The molecule has 0 saturated heterocycles. The molecule has 3 nitrogen and oxygen atoms in total. The number of benzene rings is 1. The van der Waals surface area contributed by atoms with Gasteiger partial charge in [0.2, 0.25) is 0 Å². The Labute approximate surface area is 116 Å². The van der Waals surface area contributed by atoms with Crippen molar-refractivity contribution in [3.05, 3.63) is 30.3 Å². The summed E-state index contributed by atoms with van der Waals surface area (Å²) < 4.78 is 0. The van der Waals surface area contributed by atoms with Crippen molar-refractivity contribution in [1.82, 2.24) is 5.32 Å². The zero-order valence-electron chi connectivity index (χ0n) is 11.7. The van der Waals surface area contributed by atoms with Crippen LogP contribution in [-0.2, 0) is 0 Å². The van der Waals surface area contributed by atoms with Gasteiger partial charge in [-0.2, -0.15) is 0 Å². The number of hydrogen-bond donors (Lipinski definition) is 2. The van der Waals surface area contributed by atoms with Crippen LogP contribution in [-0.4, -0.2) is 38.3 Å². The Morgan fingerprint density at radius 3 is 2.39 bits per heavy atom.